The first-order valence-electron chi connectivity index (χ1n) is 6.86. The summed E-state index contributed by atoms with van der Waals surface area (Å²) in [5, 5.41) is 0. The van der Waals surface area contributed by atoms with E-state index in [1.165, 1.54) is 18.6 Å². The summed E-state index contributed by atoms with van der Waals surface area (Å²) in [5.41, 5.74) is 0.282. The van der Waals surface area contributed by atoms with E-state index in [0.29, 0.717) is 19.0 Å². The summed E-state index contributed by atoms with van der Waals surface area (Å²) in [6, 6.07) is -0.447. The molecule has 2 amide bonds. The van der Waals surface area contributed by atoms with Gasteiger partial charge in [0, 0.05) is 32.0 Å². The Hall–Kier alpha value is -1.98. The number of carbonyl (C=O) groups excluding carboxylic acids is 2. The smallest absolute Gasteiger partial charge is 0.274 e. The lowest BCUT2D eigenvalue weighted by Gasteiger charge is -2.39. The molecular formula is C14H20N4O2. The van der Waals surface area contributed by atoms with Crippen molar-refractivity contribution in [3.8, 4) is 0 Å². The van der Waals surface area contributed by atoms with Crippen molar-refractivity contribution in [2.45, 2.75) is 26.8 Å². The second-order valence-corrected chi connectivity index (χ2v) is 5.44. The second-order valence-electron chi connectivity index (χ2n) is 5.44. The van der Waals surface area contributed by atoms with E-state index < -0.39 is 6.04 Å². The molecule has 0 unspecified atom stereocenters. The minimum atomic E-state index is -0.447. The van der Waals surface area contributed by atoms with Gasteiger partial charge in [-0.3, -0.25) is 14.6 Å². The fourth-order valence-corrected chi connectivity index (χ4v) is 2.39. The Morgan fingerprint density at radius 3 is 2.75 bits per heavy atom. The van der Waals surface area contributed by atoms with Crippen LogP contribution in [0.2, 0.25) is 0 Å². The van der Waals surface area contributed by atoms with Crippen LogP contribution in [0.4, 0.5) is 0 Å². The Bertz CT molecular complexity index is 489. The molecule has 1 fully saturated rings. The highest BCUT2D eigenvalue weighted by atomic mass is 16.2. The third-order valence-corrected chi connectivity index (χ3v) is 3.38. The number of hydrogen-bond donors (Lipinski definition) is 0. The molecule has 0 saturated carbocycles. The molecule has 1 aromatic heterocycles. The van der Waals surface area contributed by atoms with Crippen LogP contribution in [-0.4, -0.2) is 57.3 Å². The van der Waals surface area contributed by atoms with Gasteiger partial charge in [0.2, 0.25) is 5.91 Å². The molecule has 2 heterocycles. The van der Waals surface area contributed by atoms with E-state index >= 15 is 0 Å². The highest BCUT2D eigenvalue weighted by molar-refractivity contribution is 5.96. The maximum atomic E-state index is 12.3. The van der Waals surface area contributed by atoms with Gasteiger partial charge in [-0.05, 0) is 12.8 Å². The van der Waals surface area contributed by atoms with E-state index in [2.05, 4.69) is 23.8 Å². The van der Waals surface area contributed by atoms with E-state index in [4.69, 9.17) is 0 Å². The summed E-state index contributed by atoms with van der Waals surface area (Å²) < 4.78 is 0. The Morgan fingerprint density at radius 1 is 1.40 bits per heavy atom. The van der Waals surface area contributed by atoms with Crippen molar-refractivity contribution in [1.29, 1.82) is 0 Å². The van der Waals surface area contributed by atoms with E-state index in [1.54, 1.807) is 11.8 Å². The third kappa shape index (κ3) is 2.95. The van der Waals surface area contributed by atoms with Crippen LogP contribution in [0.25, 0.3) is 0 Å². The number of aromatic nitrogens is 2. The number of nitrogens with zero attached hydrogens (tertiary/aromatic N) is 4. The summed E-state index contributed by atoms with van der Waals surface area (Å²) >= 11 is 0. The van der Waals surface area contributed by atoms with Gasteiger partial charge in [0.15, 0.2) is 0 Å². The van der Waals surface area contributed by atoms with Crippen molar-refractivity contribution in [1.82, 2.24) is 19.8 Å². The van der Waals surface area contributed by atoms with Crippen LogP contribution in [0.1, 0.15) is 31.3 Å². The van der Waals surface area contributed by atoms with Crippen LogP contribution in [0.3, 0.4) is 0 Å². The normalized spacial score (nSPS) is 19.6. The molecule has 20 heavy (non-hydrogen) atoms. The maximum absolute atomic E-state index is 12.3. The van der Waals surface area contributed by atoms with E-state index in [1.807, 2.05) is 4.90 Å². The number of rotatable bonds is 3. The highest BCUT2D eigenvalue weighted by Gasteiger charge is 2.35. The van der Waals surface area contributed by atoms with E-state index in [-0.39, 0.29) is 17.5 Å². The molecule has 0 spiro atoms. The average molecular weight is 276 g/mol. The molecule has 6 heteroatoms. The van der Waals surface area contributed by atoms with Gasteiger partial charge in [-0.1, -0.05) is 13.8 Å². The molecule has 108 valence electrons. The summed E-state index contributed by atoms with van der Waals surface area (Å²) in [6.45, 7) is 7.77. The fraction of sp³-hybridized carbons (Fsp3) is 0.571. The van der Waals surface area contributed by atoms with E-state index in [0.717, 1.165) is 6.54 Å². The number of piperazine rings is 1. The molecule has 0 N–H and O–H groups in total. The predicted molar refractivity (Wildman–Crippen MR) is 73.9 cm³/mol. The van der Waals surface area contributed by atoms with Crippen LogP contribution in [0.15, 0.2) is 18.6 Å². The second kappa shape index (κ2) is 5.98. The zero-order chi connectivity index (χ0) is 14.7. The number of amides is 2. The first-order valence-corrected chi connectivity index (χ1v) is 6.86. The van der Waals surface area contributed by atoms with Crippen LogP contribution in [0, 0.1) is 5.92 Å². The average Bonchev–Trinajstić information content (AvgIpc) is 2.44. The first kappa shape index (κ1) is 14.4. The Labute approximate surface area is 118 Å². The molecule has 1 aliphatic heterocycles. The monoisotopic (exact) mass is 276 g/mol. The van der Waals surface area contributed by atoms with Crippen molar-refractivity contribution in [3.63, 3.8) is 0 Å². The summed E-state index contributed by atoms with van der Waals surface area (Å²) in [5.74, 6) is 0.193. The standard InChI is InChI=1S/C14H20N4O2/c1-10(2)9-17-6-7-18(11(3)13(17)19)14(20)12-8-15-4-5-16-12/h4-5,8,10-11H,6-7,9H2,1-3H3/t11-/m1/s1. The lowest BCUT2D eigenvalue weighted by molar-refractivity contribution is -0.140. The Morgan fingerprint density at radius 2 is 2.15 bits per heavy atom. The largest absolute Gasteiger partial charge is 0.339 e. The quantitative estimate of drug-likeness (QED) is 0.819. The minimum Gasteiger partial charge on any atom is -0.339 e. The predicted octanol–water partition coefficient (Wildman–Crippen LogP) is 0.805. The first-order chi connectivity index (χ1) is 9.50. The SMILES string of the molecule is CC(C)CN1CCN(C(=O)c2cnccn2)[C@H](C)C1=O. The number of hydrogen-bond acceptors (Lipinski definition) is 4. The maximum Gasteiger partial charge on any atom is 0.274 e. The molecule has 0 bridgehead atoms. The van der Waals surface area contributed by atoms with Crippen LogP contribution in [0.5, 0.6) is 0 Å². The minimum absolute atomic E-state index is 0.00203. The zero-order valence-electron chi connectivity index (χ0n) is 12.1. The van der Waals surface area contributed by atoms with Crippen molar-refractivity contribution in [2.24, 2.45) is 5.92 Å². The fourth-order valence-electron chi connectivity index (χ4n) is 2.39. The summed E-state index contributed by atoms with van der Waals surface area (Å²) in [7, 11) is 0. The third-order valence-electron chi connectivity index (χ3n) is 3.38. The van der Waals surface area contributed by atoms with Gasteiger partial charge in [-0.15, -0.1) is 0 Å². The molecule has 6 nitrogen and oxygen atoms in total. The van der Waals surface area contributed by atoms with Gasteiger partial charge in [0.1, 0.15) is 11.7 Å². The van der Waals surface area contributed by atoms with E-state index in [9.17, 15) is 9.59 Å². The molecule has 1 saturated heterocycles. The lowest BCUT2D eigenvalue weighted by Crippen LogP contribution is -2.58. The van der Waals surface area contributed by atoms with Gasteiger partial charge in [0.25, 0.3) is 5.91 Å². The summed E-state index contributed by atoms with van der Waals surface area (Å²) in [6.07, 6.45) is 4.43. The van der Waals surface area contributed by atoms with Gasteiger partial charge < -0.3 is 9.80 Å². The molecule has 1 atom stereocenters. The molecule has 2 rings (SSSR count). The van der Waals surface area contributed by atoms with Crippen molar-refractivity contribution in [3.05, 3.63) is 24.3 Å². The number of carbonyl (C=O) groups is 2. The Balaban J connectivity index is 2.09. The van der Waals surface area contributed by atoms with Crippen LogP contribution < -0.4 is 0 Å². The topological polar surface area (TPSA) is 66.4 Å². The molecule has 0 aliphatic carbocycles. The highest BCUT2D eigenvalue weighted by Crippen LogP contribution is 2.15. The summed E-state index contributed by atoms with van der Waals surface area (Å²) in [4.78, 5) is 35.9. The Kier molecular flexibility index (Phi) is 4.32. The molecule has 0 radical (unpaired) electrons. The molecule has 1 aromatic rings. The van der Waals surface area contributed by atoms with Gasteiger partial charge >= 0.3 is 0 Å². The molecule has 1 aliphatic rings. The molecular weight excluding hydrogens is 256 g/mol. The lowest BCUT2D eigenvalue weighted by atomic mass is 10.1. The van der Waals surface area contributed by atoms with Gasteiger partial charge in [0.05, 0.1) is 6.20 Å². The van der Waals surface area contributed by atoms with Crippen LogP contribution in [-0.2, 0) is 4.79 Å². The van der Waals surface area contributed by atoms with Crippen LogP contribution >= 0.6 is 0 Å². The molecule has 0 aromatic carbocycles. The van der Waals surface area contributed by atoms with Crippen molar-refractivity contribution < 1.29 is 9.59 Å². The van der Waals surface area contributed by atoms with Gasteiger partial charge in [-0.2, -0.15) is 0 Å². The van der Waals surface area contributed by atoms with Crippen molar-refractivity contribution >= 4 is 11.8 Å². The van der Waals surface area contributed by atoms with Gasteiger partial charge in [-0.25, -0.2) is 4.98 Å². The zero-order valence-corrected chi connectivity index (χ0v) is 12.1. The van der Waals surface area contributed by atoms with Crippen molar-refractivity contribution in [2.75, 3.05) is 19.6 Å².